The van der Waals surface area contributed by atoms with Crippen LogP contribution in [0.3, 0.4) is 0 Å². The van der Waals surface area contributed by atoms with Gasteiger partial charge in [0.1, 0.15) is 11.6 Å². The van der Waals surface area contributed by atoms with Gasteiger partial charge in [0, 0.05) is 5.38 Å². The lowest BCUT2D eigenvalue weighted by atomic mass is 10.00. The van der Waals surface area contributed by atoms with Gasteiger partial charge in [-0.1, -0.05) is 0 Å². The maximum atomic E-state index is 12.6. The summed E-state index contributed by atoms with van der Waals surface area (Å²) in [5, 5.41) is 1.06. The molecule has 10 heteroatoms. The zero-order valence-electron chi connectivity index (χ0n) is 9.60. The van der Waals surface area contributed by atoms with Gasteiger partial charge in [-0.2, -0.15) is 26.3 Å². The third-order valence-corrected chi connectivity index (χ3v) is 2.99. The molecule has 0 amide bonds. The second-order valence-corrected chi connectivity index (χ2v) is 4.88. The molecule has 1 aromatic heterocycles. The van der Waals surface area contributed by atoms with Gasteiger partial charge in [0.05, 0.1) is 12.3 Å². The van der Waals surface area contributed by atoms with E-state index in [1.807, 2.05) is 0 Å². The lowest BCUT2D eigenvalue weighted by molar-refractivity contribution is -0.185. The Morgan fingerprint density at radius 3 is 2.32 bits per heavy atom. The smallest absolute Gasteiger partial charge is 0.365 e. The van der Waals surface area contributed by atoms with Crippen molar-refractivity contribution in [1.82, 2.24) is 4.98 Å². The number of halogens is 6. The SMILES string of the molecule is CC(N)(c1csc(COCC(F)(F)F)n1)C(F)(F)F. The molecule has 1 aromatic rings. The number of rotatable bonds is 4. The molecule has 1 rings (SSSR count). The van der Waals surface area contributed by atoms with Crippen LogP contribution in [0.15, 0.2) is 5.38 Å². The lowest BCUT2D eigenvalue weighted by Gasteiger charge is -2.25. The van der Waals surface area contributed by atoms with Gasteiger partial charge in [0.25, 0.3) is 0 Å². The number of alkyl halides is 6. The minimum absolute atomic E-state index is 0.000162. The third kappa shape index (κ3) is 4.32. The van der Waals surface area contributed by atoms with E-state index in [1.165, 1.54) is 0 Å². The Bertz CT molecular complexity index is 425. The summed E-state index contributed by atoms with van der Waals surface area (Å²) < 4.78 is 77.5. The molecule has 0 aromatic carbocycles. The van der Waals surface area contributed by atoms with Crippen molar-refractivity contribution in [2.24, 2.45) is 5.73 Å². The predicted octanol–water partition coefficient (Wildman–Crippen LogP) is 2.96. The fourth-order valence-corrected chi connectivity index (χ4v) is 1.86. The van der Waals surface area contributed by atoms with Crippen molar-refractivity contribution in [3.05, 3.63) is 16.1 Å². The largest absolute Gasteiger partial charge is 0.411 e. The molecule has 2 N–H and O–H groups in total. The summed E-state index contributed by atoms with van der Waals surface area (Å²) >= 11 is 0.760. The summed E-state index contributed by atoms with van der Waals surface area (Å²) in [4.78, 5) is 3.55. The molecule has 1 heterocycles. The molecule has 0 saturated carbocycles. The van der Waals surface area contributed by atoms with Crippen LogP contribution in [0.25, 0.3) is 0 Å². The molecule has 0 bridgehead atoms. The van der Waals surface area contributed by atoms with E-state index < -0.39 is 36.8 Å². The first-order valence-corrected chi connectivity index (χ1v) is 5.76. The van der Waals surface area contributed by atoms with Gasteiger partial charge in [0.15, 0.2) is 5.54 Å². The second-order valence-electron chi connectivity index (χ2n) is 3.93. The van der Waals surface area contributed by atoms with E-state index in [1.54, 1.807) is 0 Å². The first kappa shape index (κ1) is 16.2. The van der Waals surface area contributed by atoms with Crippen LogP contribution in [-0.4, -0.2) is 23.9 Å². The summed E-state index contributed by atoms with van der Waals surface area (Å²) in [7, 11) is 0. The Morgan fingerprint density at radius 2 is 1.84 bits per heavy atom. The van der Waals surface area contributed by atoms with Crippen LogP contribution in [0.2, 0.25) is 0 Å². The van der Waals surface area contributed by atoms with Crippen molar-refractivity contribution in [2.45, 2.75) is 31.4 Å². The standard InChI is InChI=1S/C9H10F6N2OS/c1-7(16,9(13,14)15)5-3-19-6(17-5)2-18-4-8(10,11)12/h3H,2,4,16H2,1H3. The van der Waals surface area contributed by atoms with E-state index >= 15 is 0 Å². The summed E-state index contributed by atoms with van der Waals surface area (Å²) in [5.41, 5.74) is 2.03. The molecule has 110 valence electrons. The topological polar surface area (TPSA) is 48.1 Å². The molecule has 19 heavy (non-hydrogen) atoms. The Kier molecular flexibility index (Phi) is 4.47. The van der Waals surface area contributed by atoms with Crippen LogP contribution in [0, 0.1) is 0 Å². The van der Waals surface area contributed by atoms with Crippen LogP contribution in [0.4, 0.5) is 26.3 Å². The molecule has 0 spiro atoms. The average molecular weight is 308 g/mol. The Hall–Kier alpha value is -0.870. The highest BCUT2D eigenvalue weighted by atomic mass is 32.1. The van der Waals surface area contributed by atoms with E-state index in [0.717, 1.165) is 23.6 Å². The van der Waals surface area contributed by atoms with Crippen LogP contribution >= 0.6 is 11.3 Å². The van der Waals surface area contributed by atoms with E-state index in [4.69, 9.17) is 5.73 Å². The first-order valence-electron chi connectivity index (χ1n) is 4.88. The fourth-order valence-electron chi connectivity index (χ4n) is 1.02. The predicted molar refractivity (Wildman–Crippen MR) is 55.4 cm³/mol. The number of thiazole rings is 1. The lowest BCUT2D eigenvalue weighted by Crippen LogP contribution is -2.48. The third-order valence-electron chi connectivity index (χ3n) is 2.16. The molecule has 0 aliphatic carbocycles. The average Bonchev–Trinajstić information content (AvgIpc) is 2.62. The number of nitrogens with zero attached hydrogens (tertiary/aromatic N) is 1. The summed E-state index contributed by atoms with van der Waals surface area (Å²) in [6, 6.07) is 0. The second kappa shape index (κ2) is 5.25. The van der Waals surface area contributed by atoms with E-state index in [2.05, 4.69) is 9.72 Å². The molecule has 3 nitrogen and oxygen atoms in total. The summed E-state index contributed by atoms with van der Waals surface area (Å²) in [6.07, 6.45) is -9.19. The van der Waals surface area contributed by atoms with Crippen molar-refractivity contribution < 1.29 is 31.1 Å². The number of hydrogen-bond donors (Lipinski definition) is 1. The highest BCUT2D eigenvalue weighted by Crippen LogP contribution is 2.36. The van der Waals surface area contributed by atoms with E-state index in [9.17, 15) is 26.3 Å². The van der Waals surface area contributed by atoms with Crippen LogP contribution in [-0.2, 0) is 16.9 Å². The van der Waals surface area contributed by atoms with Crippen molar-refractivity contribution in [2.75, 3.05) is 6.61 Å². The van der Waals surface area contributed by atoms with Gasteiger partial charge in [-0.3, -0.25) is 0 Å². The fraction of sp³-hybridized carbons (Fsp3) is 0.667. The Morgan fingerprint density at radius 1 is 1.26 bits per heavy atom. The zero-order valence-corrected chi connectivity index (χ0v) is 10.4. The molecule has 1 unspecified atom stereocenters. The van der Waals surface area contributed by atoms with Gasteiger partial charge in [-0.05, 0) is 6.92 Å². The maximum Gasteiger partial charge on any atom is 0.411 e. The molecular formula is C9H10F6N2OS. The van der Waals surface area contributed by atoms with Gasteiger partial charge in [-0.25, -0.2) is 4.98 Å². The highest BCUT2D eigenvalue weighted by molar-refractivity contribution is 7.09. The number of hydrogen-bond acceptors (Lipinski definition) is 4. The van der Waals surface area contributed by atoms with Gasteiger partial charge < -0.3 is 10.5 Å². The minimum Gasteiger partial charge on any atom is -0.365 e. The number of nitrogens with two attached hydrogens (primary N) is 1. The van der Waals surface area contributed by atoms with Gasteiger partial charge >= 0.3 is 12.4 Å². The van der Waals surface area contributed by atoms with Gasteiger partial charge in [-0.15, -0.1) is 11.3 Å². The molecule has 0 fully saturated rings. The molecule has 0 aliphatic heterocycles. The van der Waals surface area contributed by atoms with E-state index in [-0.39, 0.29) is 5.01 Å². The first-order chi connectivity index (χ1) is 8.43. The monoisotopic (exact) mass is 308 g/mol. The van der Waals surface area contributed by atoms with Crippen LogP contribution in [0.5, 0.6) is 0 Å². The van der Waals surface area contributed by atoms with Crippen molar-refractivity contribution >= 4 is 11.3 Å². The molecule has 0 radical (unpaired) electrons. The van der Waals surface area contributed by atoms with E-state index in [0.29, 0.717) is 0 Å². The highest BCUT2D eigenvalue weighted by Gasteiger charge is 2.51. The Balaban J connectivity index is 2.68. The number of ether oxygens (including phenoxy) is 1. The maximum absolute atomic E-state index is 12.6. The van der Waals surface area contributed by atoms with Gasteiger partial charge in [0.2, 0.25) is 0 Å². The van der Waals surface area contributed by atoms with Crippen LogP contribution in [0.1, 0.15) is 17.6 Å². The normalized spacial score (nSPS) is 16.4. The van der Waals surface area contributed by atoms with Crippen molar-refractivity contribution in [1.29, 1.82) is 0 Å². The zero-order chi connectivity index (χ0) is 14.9. The van der Waals surface area contributed by atoms with Crippen LogP contribution < -0.4 is 5.73 Å². The molecule has 0 saturated heterocycles. The quantitative estimate of drug-likeness (QED) is 0.870. The van der Waals surface area contributed by atoms with Crippen molar-refractivity contribution in [3.63, 3.8) is 0 Å². The molecule has 0 aliphatic rings. The minimum atomic E-state index is -4.70. The summed E-state index contributed by atoms with van der Waals surface area (Å²) in [6.45, 7) is -1.26. The summed E-state index contributed by atoms with van der Waals surface area (Å²) in [5.74, 6) is 0. The number of aromatic nitrogens is 1. The van der Waals surface area contributed by atoms with Crippen molar-refractivity contribution in [3.8, 4) is 0 Å². The molecule has 1 atom stereocenters. The molecular weight excluding hydrogens is 298 g/mol. The Labute approximate surface area is 108 Å².